The van der Waals surface area contributed by atoms with Crippen molar-refractivity contribution in [2.24, 2.45) is 0 Å². The molecule has 2 aromatic rings. The quantitative estimate of drug-likeness (QED) is 0.679. The number of nitrogens with one attached hydrogen (secondary N) is 1. The summed E-state index contributed by atoms with van der Waals surface area (Å²) in [6.45, 7) is 12.4. The van der Waals surface area contributed by atoms with E-state index in [9.17, 15) is 18.4 Å². The van der Waals surface area contributed by atoms with Gasteiger partial charge in [0.25, 0.3) is 5.91 Å². The number of ether oxygens (including phenoxy) is 1. The van der Waals surface area contributed by atoms with Crippen LogP contribution in [0.4, 0.5) is 14.5 Å². The molecule has 4 nitrogen and oxygen atoms in total. The minimum atomic E-state index is -1.15. The fourth-order valence-corrected chi connectivity index (χ4v) is 2.94. The number of halogens is 2. The van der Waals surface area contributed by atoms with E-state index < -0.39 is 29.1 Å². The molecule has 2 rings (SSSR count). The van der Waals surface area contributed by atoms with Crippen LogP contribution >= 0.6 is 0 Å². The van der Waals surface area contributed by atoms with Gasteiger partial charge in [-0.2, -0.15) is 0 Å². The van der Waals surface area contributed by atoms with Crippen LogP contribution in [0.3, 0.4) is 0 Å². The number of carbonyl (C=O) groups excluding carboxylic acids is 2. The molecule has 1 amide bonds. The maximum Gasteiger partial charge on any atom is 0.343 e. The first kappa shape index (κ1) is 22.5. The van der Waals surface area contributed by atoms with Crippen LogP contribution in [0.1, 0.15) is 73.4 Å². The molecule has 2 aromatic carbocycles. The Bertz CT molecular complexity index is 931. The molecule has 0 radical (unpaired) electrons. The van der Waals surface area contributed by atoms with Crippen LogP contribution in [-0.2, 0) is 15.6 Å². The van der Waals surface area contributed by atoms with Crippen molar-refractivity contribution in [3.63, 3.8) is 0 Å². The summed E-state index contributed by atoms with van der Waals surface area (Å²) in [6, 6.07) is 7.41. The highest BCUT2D eigenvalue weighted by Gasteiger charge is 2.25. The van der Waals surface area contributed by atoms with E-state index in [0.29, 0.717) is 5.69 Å². The van der Waals surface area contributed by atoms with Crippen LogP contribution in [-0.4, -0.2) is 19.0 Å². The molecule has 0 spiro atoms. The van der Waals surface area contributed by atoms with E-state index in [1.165, 1.54) is 0 Å². The Labute approximate surface area is 170 Å². The second-order valence-electron chi connectivity index (χ2n) is 9.02. The van der Waals surface area contributed by atoms with Gasteiger partial charge in [0.2, 0.25) is 0 Å². The fraction of sp³-hybridized carbons (Fsp3) is 0.391. The Kier molecular flexibility index (Phi) is 6.16. The third kappa shape index (κ3) is 5.00. The lowest BCUT2D eigenvalue weighted by atomic mass is 9.80. The van der Waals surface area contributed by atoms with Gasteiger partial charge in [-0.15, -0.1) is 0 Å². The summed E-state index contributed by atoms with van der Waals surface area (Å²) in [5, 5.41) is 2.74. The zero-order chi connectivity index (χ0) is 22.1. The summed E-state index contributed by atoms with van der Waals surface area (Å²) in [5.41, 5.74) is 1.19. The van der Waals surface area contributed by atoms with E-state index in [1.54, 1.807) is 6.07 Å². The molecule has 0 heterocycles. The number of anilines is 1. The molecular weight excluding hydrogens is 376 g/mol. The van der Waals surface area contributed by atoms with E-state index in [2.05, 4.69) is 30.8 Å². The van der Waals surface area contributed by atoms with Crippen molar-refractivity contribution in [3.8, 4) is 0 Å². The third-order valence-corrected chi connectivity index (χ3v) is 4.64. The number of rotatable bonds is 3. The largest absolute Gasteiger partial charge is 0.465 e. The first-order chi connectivity index (χ1) is 13.3. The highest BCUT2D eigenvalue weighted by atomic mass is 19.1. The Morgan fingerprint density at radius 2 is 1.45 bits per heavy atom. The first-order valence-electron chi connectivity index (χ1n) is 9.29. The minimum Gasteiger partial charge on any atom is -0.465 e. The summed E-state index contributed by atoms with van der Waals surface area (Å²) >= 11 is 0. The van der Waals surface area contributed by atoms with E-state index >= 15 is 0 Å². The third-order valence-electron chi connectivity index (χ3n) is 4.64. The molecular formula is C23H27F2NO3. The van der Waals surface area contributed by atoms with Gasteiger partial charge in [-0.05, 0) is 40.2 Å². The summed E-state index contributed by atoms with van der Waals surface area (Å²) in [7, 11) is 1.02. The van der Waals surface area contributed by atoms with Gasteiger partial charge in [0, 0.05) is 11.3 Å². The van der Waals surface area contributed by atoms with Crippen LogP contribution in [0.5, 0.6) is 0 Å². The normalized spacial score (nSPS) is 11.9. The Balaban J connectivity index is 2.44. The number of hydrogen-bond donors (Lipinski definition) is 1. The van der Waals surface area contributed by atoms with E-state index in [4.69, 9.17) is 0 Å². The topological polar surface area (TPSA) is 55.4 Å². The van der Waals surface area contributed by atoms with Crippen molar-refractivity contribution in [3.05, 3.63) is 64.2 Å². The fourth-order valence-electron chi connectivity index (χ4n) is 2.94. The summed E-state index contributed by atoms with van der Waals surface area (Å²) in [4.78, 5) is 24.2. The van der Waals surface area contributed by atoms with Crippen molar-refractivity contribution in [2.75, 3.05) is 12.4 Å². The monoisotopic (exact) mass is 403 g/mol. The SMILES string of the molecule is COC(=O)c1c(F)cc(C(=O)Nc2ccc(C(C)(C)C)cc2C(C)(C)C)cc1F. The zero-order valence-corrected chi connectivity index (χ0v) is 17.9. The van der Waals surface area contributed by atoms with Crippen molar-refractivity contribution >= 4 is 17.6 Å². The summed E-state index contributed by atoms with van der Waals surface area (Å²) in [6.07, 6.45) is 0. The Morgan fingerprint density at radius 1 is 0.897 bits per heavy atom. The van der Waals surface area contributed by atoms with Gasteiger partial charge in [0.15, 0.2) is 0 Å². The molecule has 0 aliphatic heterocycles. The second-order valence-corrected chi connectivity index (χ2v) is 9.02. The lowest BCUT2D eigenvalue weighted by Gasteiger charge is -2.27. The van der Waals surface area contributed by atoms with E-state index in [0.717, 1.165) is 30.4 Å². The van der Waals surface area contributed by atoms with Gasteiger partial charge in [0.05, 0.1) is 7.11 Å². The van der Waals surface area contributed by atoms with E-state index in [1.807, 2.05) is 32.9 Å². The molecule has 0 fully saturated rings. The van der Waals surface area contributed by atoms with Gasteiger partial charge in [-0.3, -0.25) is 4.79 Å². The molecule has 0 aromatic heterocycles. The summed E-state index contributed by atoms with van der Waals surface area (Å²) in [5.74, 6) is -4.12. The average Bonchev–Trinajstić information content (AvgIpc) is 2.59. The highest BCUT2D eigenvalue weighted by Crippen LogP contribution is 2.34. The van der Waals surface area contributed by atoms with Crippen molar-refractivity contribution in [2.45, 2.75) is 52.4 Å². The summed E-state index contributed by atoms with van der Waals surface area (Å²) < 4.78 is 32.7. The zero-order valence-electron chi connectivity index (χ0n) is 17.9. The van der Waals surface area contributed by atoms with Crippen LogP contribution in [0.15, 0.2) is 30.3 Å². The van der Waals surface area contributed by atoms with Crippen LogP contribution in [0.25, 0.3) is 0 Å². The smallest absolute Gasteiger partial charge is 0.343 e. The van der Waals surface area contributed by atoms with Gasteiger partial charge in [-0.1, -0.05) is 53.7 Å². The molecule has 0 unspecified atom stereocenters. The highest BCUT2D eigenvalue weighted by molar-refractivity contribution is 6.05. The van der Waals surface area contributed by atoms with Gasteiger partial charge in [0.1, 0.15) is 17.2 Å². The number of methoxy groups -OCH3 is 1. The Morgan fingerprint density at radius 3 is 1.90 bits per heavy atom. The predicted molar refractivity (Wildman–Crippen MR) is 109 cm³/mol. The predicted octanol–water partition coefficient (Wildman–Crippen LogP) is 5.60. The van der Waals surface area contributed by atoms with Gasteiger partial charge >= 0.3 is 5.97 Å². The number of amides is 1. The van der Waals surface area contributed by atoms with Gasteiger partial charge < -0.3 is 10.1 Å². The van der Waals surface area contributed by atoms with Crippen molar-refractivity contribution in [1.29, 1.82) is 0 Å². The molecule has 0 saturated carbocycles. The molecule has 0 aliphatic rings. The molecule has 1 N–H and O–H groups in total. The minimum absolute atomic E-state index is 0.0709. The van der Waals surface area contributed by atoms with Crippen molar-refractivity contribution in [1.82, 2.24) is 0 Å². The standard InChI is InChI=1S/C23H27F2NO3/c1-22(2,3)14-8-9-18(15(12-14)23(4,5)6)26-20(27)13-10-16(24)19(17(25)11-13)21(28)29-7/h8-12H,1-7H3,(H,26,27). The average molecular weight is 403 g/mol. The van der Waals surface area contributed by atoms with Crippen molar-refractivity contribution < 1.29 is 23.1 Å². The molecule has 0 saturated heterocycles. The molecule has 0 aliphatic carbocycles. The van der Waals surface area contributed by atoms with Crippen LogP contribution in [0.2, 0.25) is 0 Å². The van der Waals surface area contributed by atoms with Crippen LogP contribution in [0, 0.1) is 11.6 Å². The molecule has 0 atom stereocenters. The first-order valence-corrected chi connectivity index (χ1v) is 9.29. The lowest BCUT2D eigenvalue weighted by molar-refractivity contribution is 0.0589. The van der Waals surface area contributed by atoms with Gasteiger partial charge in [-0.25, -0.2) is 13.6 Å². The molecule has 0 bridgehead atoms. The maximum atomic E-state index is 14.2. The lowest BCUT2D eigenvalue weighted by Crippen LogP contribution is -2.21. The maximum absolute atomic E-state index is 14.2. The number of esters is 1. The molecule has 6 heteroatoms. The van der Waals surface area contributed by atoms with E-state index in [-0.39, 0.29) is 16.4 Å². The molecule has 29 heavy (non-hydrogen) atoms. The number of benzene rings is 2. The Hall–Kier alpha value is -2.76. The van der Waals surface area contributed by atoms with Crippen LogP contribution < -0.4 is 5.32 Å². The second kappa shape index (κ2) is 7.93. The molecule has 156 valence electrons. The number of carbonyl (C=O) groups is 2. The number of hydrogen-bond acceptors (Lipinski definition) is 3.